The highest BCUT2D eigenvalue weighted by atomic mass is 16.6. The van der Waals surface area contributed by atoms with Gasteiger partial charge in [-0.3, -0.25) is 0 Å². The molecule has 1 aromatic heterocycles. The maximum Gasteiger partial charge on any atom is 0.214 e. The Morgan fingerprint density at radius 3 is 3.13 bits per heavy atom. The molecule has 1 fully saturated rings. The molecule has 1 aliphatic rings. The zero-order valence-corrected chi connectivity index (χ0v) is 8.56. The second-order valence-corrected chi connectivity index (χ2v) is 3.83. The number of pyridine rings is 1. The van der Waals surface area contributed by atoms with Crippen molar-refractivity contribution >= 4 is 0 Å². The van der Waals surface area contributed by atoms with Crippen LogP contribution in [0, 0.1) is 11.3 Å². The number of rotatable bonds is 3. The van der Waals surface area contributed by atoms with Gasteiger partial charge in [0.25, 0.3) is 0 Å². The van der Waals surface area contributed by atoms with Crippen LogP contribution in [0.15, 0.2) is 18.3 Å². The van der Waals surface area contributed by atoms with Gasteiger partial charge in [0.1, 0.15) is 12.2 Å². The van der Waals surface area contributed by atoms with Crippen molar-refractivity contribution in [1.82, 2.24) is 4.98 Å². The lowest BCUT2D eigenvalue weighted by Crippen LogP contribution is -2.45. The van der Waals surface area contributed by atoms with Gasteiger partial charge in [0, 0.05) is 18.7 Å². The Hall–Kier alpha value is -1.60. The zero-order valence-electron chi connectivity index (χ0n) is 8.56. The van der Waals surface area contributed by atoms with Crippen molar-refractivity contribution in [3.05, 3.63) is 23.9 Å². The Morgan fingerprint density at radius 1 is 1.73 bits per heavy atom. The lowest BCUT2D eigenvalue weighted by atomic mass is 9.99. The number of nitriles is 1. The average molecular weight is 204 g/mol. The van der Waals surface area contributed by atoms with E-state index in [0.717, 1.165) is 13.0 Å². The van der Waals surface area contributed by atoms with Gasteiger partial charge < -0.3 is 9.47 Å². The van der Waals surface area contributed by atoms with E-state index in [0.29, 0.717) is 18.1 Å². The molecule has 1 unspecified atom stereocenters. The van der Waals surface area contributed by atoms with Crippen LogP contribution in [0.1, 0.15) is 18.9 Å². The third-order valence-electron chi connectivity index (χ3n) is 2.47. The van der Waals surface area contributed by atoms with E-state index in [4.69, 9.17) is 14.7 Å². The average Bonchev–Trinajstić information content (AvgIpc) is 2.24. The molecule has 0 aliphatic carbocycles. The van der Waals surface area contributed by atoms with Gasteiger partial charge in [-0.25, -0.2) is 4.98 Å². The molecule has 0 amide bonds. The van der Waals surface area contributed by atoms with Gasteiger partial charge in [-0.05, 0) is 13.0 Å². The predicted octanol–water partition coefficient (Wildman–Crippen LogP) is 1.51. The van der Waals surface area contributed by atoms with Crippen LogP contribution in [-0.4, -0.2) is 23.8 Å². The Bertz CT molecular complexity index is 394. The lowest BCUT2D eigenvalue weighted by Gasteiger charge is -2.37. The molecule has 4 nitrogen and oxygen atoms in total. The summed E-state index contributed by atoms with van der Waals surface area (Å²) in [4.78, 5) is 4.02. The van der Waals surface area contributed by atoms with E-state index in [1.807, 2.05) is 13.0 Å². The maximum atomic E-state index is 8.69. The van der Waals surface area contributed by atoms with Crippen LogP contribution < -0.4 is 4.74 Å². The third kappa shape index (κ3) is 2.25. The molecule has 4 heteroatoms. The molecule has 1 atom stereocenters. The molecule has 0 saturated carbocycles. The first kappa shape index (κ1) is 9.94. The minimum absolute atomic E-state index is 0.176. The Morgan fingerprint density at radius 2 is 2.53 bits per heavy atom. The summed E-state index contributed by atoms with van der Waals surface area (Å²) in [7, 11) is 0. The molecule has 0 bridgehead atoms. The first-order valence-electron chi connectivity index (χ1n) is 4.85. The molecule has 0 aromatic carbocycles. The first-order valence-corrected chi connectivity index (χ1v) is 4.85. The second kappa shape index (κ2) is 3.87. The molecular weight excluding hydrogens is 192 g/mol. The number of hydrogen-bond donors (Lipinski definition) is 0. The molecular formula is C11H12N2O2. The molecule has 2 heterocycles. The van der Waals surface area contributed by atoms with E-state index in [-0.39, 0.29) is 5.60 Å². The smallest absolute Gasteiger partial charge is 0.214 e. The van der Waals surface area contributed by atoms with Gasteiger partial charge in [0.05, 0.1) is 18.2 Å². The summed E-state index contributed by atoms with van der Waals surface area (Å²) in [6, 6.07) is 5.32. The Balaban J connectivity index is 1.96. The van der Waals surface area contributed by atoms with Gasteiger partial charge >= 0.3 is 0 Å². The van der Waals surface area contributed by atoms with Gasteiger partial charge in [0.15, 0.2) is 0 Å². The molecule has 0 spiro atoms. The zero-order chi connectivity index (χ0) is 10.7. The van der Waals surface area contributed by atoms with Gasteiger partial charge in [-0.2, -0.15) is 5.26 Å². The van der Waals surface area contributed by atoms with E-state index in [1.165, 1.54) is 0 Å². The molecule has 2 rings (SSSR count). The Labute approximate surface area is 88.5 Å². The van der Waals surface area contributed by atoms with E-state index in [2.05, 4.69) is 4.98 Å². The summed E-state index contributed by atoms with van der Waals surface area (Å²) >= 11 is 0. The fourth-order valence-electron chi connectivity index (χ4n) is 1.35. The molecule has 0 radical (unpaired) electrons. The summed E-state index contributed by atoms with van der Waals surface area (Å²) in [6.45, 7) is 3.28. The van der Waals surface area contributed by atoms with Crippen molar-refractivity contribution < 1.29 is 9.47 Å². The fraction of sp³-hybridized carbons (Fsp3) is 0.455. The van der Waals surface area contributed by atoms with Crippen molar-refractivity contribution in [3.8, 4) is 11.9 Å². The lowest BCUT2D eigenvalue weighted by molar-refractivity contribution is -0.153. The summed E-state index contributed by atoms with van der Waals surface area (Å²) in [5, 5.41) is 8.69. The number of aromatic nitrogens is 1. The number of hydrogen-bond acceptors (Lipinski definition) is 4. The molecule has 78 valence electrons. The molecule has 1 aliphatic heterocycles. The predicted molar refractivity (Wildman–Crippen MR) is 53.4 cm³/mol. The maximum absolute atomic E-state index is 8.69. The van der Waals surface area contributed by atoms with Crippen LogP contribution in [0.25, 0.3) is 0 Å². The van der Waals surface area contributed by atoms with E-state index >= 15 is 0 Å². The van der Waals surface area contributed by atoms with Crippen molar-refractivity contribution in [2.45, 2.75) is 18.9 Å². The monoisotopic (exact) mass is 204 g/mol. The van der Waals surface area contributed by atoms with Gasteiger partial charge in [-0.1, -0.05) is 0 Å². The molecule has 1 aromatic rings. The summed E-state index contributed by atoms with van der Waals surface area (Å²) in [5.41, 5.74) is 0.379. The summed E-state index contributed by atoms with van der Waals surface area (Å²) in [5.74, 6) is 0.478. The highest BCUT2D eigenvalue weighted by Crippen LogP contribution is 2.26. The molecule has 15 heavy (non-hydrogen) atoms. The third-order valence-corrected chi connectivity index (χ3v) is 2.47. The van der Waals surface area contributed by atoms with Crippen molar-refractivity contribution in [2.24, 2.45) is 0 Å². The first-order chi connectivity index (χ1) is 7.22. The minimum atomic E-state index is -0.176. The van der Waals surface area contributed by atoms with E-state index in [1.54, 1.807) is 18.3 Å². The summed E-state index contributed by atoms with van der Waals surface area (Å²) in [6.07, 6.45) is 2.57. The van der Waals surface area contributed by atoms with Gasteiger partial charge in [0.2, 0.25) is 5.88 Å². The standard InChI is InChI=1S/C11H12N2O2/c1-11(3-5-15-11)8-14-10-6-9(7-12)2-4-13-10/h2,4,6H,3,5,8H2,1H3. The second-order valence-electron chi connectivity index (χ2n) is 3.83. The Kier molecular flexibility index (Phi) is 2.57. The topological polar surface area (TPSA) is 55.1 Å². The largest absolute Gasteiger partial charge is 0.475 e. The van der Waals surface area contributed by atoms with Crippen LogP contribution in [0.5, 0.6) is 5.88 Å². The van der Waals surface area contributed by atoms with E-state index < -0.39 is 0 Å². The van der Waals surface area contributed by atoms with Crippen LogP contribution in [-0.2, 0) is 4.74 Å². The van der Waals surface area contributed by atoms with Crippen LogP contribution >= 0.6 is 0 Å². The SMILES string of the molecule is CC1(COc2cc(C#N)ccn2)CCO1. The number of nitrogens with zero attached hydrogens (tertiary/aromatic N) is 2. The fourth-order valence-corrected chi connectivity index (χ4v) is 1.35. The van der Waals surface area contributed by atoms with Crippen molar-refractivity contribution in [3.63, 3.8) is 0 Å². The normalized spacial score (nSPS) is 24.0. The van der Waals surface area contributed by atoms with Crippen molar-refractivity contribution in [2.75, 3.05) is 13.2 Å². The van der Waals surface area contributed by atoms with Crippen molar-refractivity contribution in [1.29, 1.82) is 5.26 Å². The van der Waals surface area contributed by atoms with E-state index in [9.17, 15) is 0 Å². The summed E-state index contributed by atoms with van der Waals surface area (Å²) < 4.78 is 10.8. The number of ether oxygens (including phenoxy) is 2. The highest BCUT2D eigenvalue weighted by molar-refractivity contribution is 5.31. The van der Waals surface area contributed by atoms with Crippen LogP contribution in [0.2, 0.25) is 0 Å². The van der Waals surface area contributed by atoms with Crippen LogP contribution in [0.3, 0.4) is 0 Å². The molecule has 1 saturated heterocycles. The minimum Gasteiger partial charge on any atom is -0.475 e. The van der Waals surface area contributed by atoms with Gasteiger partial charge in [-0.15, -0.1) is 0 Å². The van der Waals surface area contributed by atoms with Crippen LogP contribution in [0.4, 0.5) is 0 Å². The molecule has 0 N–H and O–H groups in total. The quantitative estimate of drug-likeness (QED) is 0.748. The highest BCUT2D eigenvalue weighted by Gasteiger charge is 2.34.